The Morgan fingerprint density at radius 3 is 2.58 bits per heavy atom. The van der Waals surface area contributed by atoms with Crippen LogP contribution in [0.15, 0.2) is 77.6 Å². The van der Waals surface area contributed by atoms with E-state index in [9.17, 15) is 19.1 Å². The Bertz CT molecular complexity index is 1360. The summed E-state index contributed by atoms with van der Waals surface area (Å²) in [4.78, 5) is 28.0. The standard InChI is InChI=1S/C25H20ClFN4O5/c26-18-7-8-20(27)19(10-18)16-5-3-15(4-6-16)13-31(14-22(32)25(34)35)29-24(33)21-11-23(36-30-21)17-2-1-9-28-12-17/h1-12,22,32H,13-14H2,(H,29,33)(H,34,35)/t22-/m1/s1. The number of amides is 1. The number of carboxylic acid groups (broad SMARTS) is 1. The largest absolute Gasteiger partial charge is 0.479 e. The molecule has 0 unspecified atom stereocenters. The van der Waals surface area contributed by atoms with Gasteiger partial charge in [-0.2, -0.15) is 0 Å². The number of hydrogen-bond acceptors (Lipinski definition) is 7. The Hall–Kier alpha value is -4.12. The topological polar surface area (TPSA) is 129 Å². The number of carbonyl (C=O) groups is 2. The second-order valence-electron chi connectivity index (χ2n) is 7.81. The number of carbonyl (C=O) groups excluding carboxylic acids is 1. The van der Waals surface area contributed by atoms with Gasteiger partial charge in [-0.05, 0) is 41.5 Å². The van der Waals surface area contributed by atoms with Gasteiger partial charge in [0.05, 0.1) is 6.54 Å². The maximum absolute atomic E-state index is 14.2. The van der Waals surface area contributed by atoms with Crippen LogP contribution in [-0.2, 0) is 11.3 Å². The summed E-state index contributed by atoms with van der Waals surface area (Å²) in [6.45, 7) is -0.360. The van der Waals surface area contributed by atoms with Crippen molar-refractivity contribution in [3.05, 3.63) is 95.2 Å². The number of pyridine rings is 1. The summed E-state index contributed by atoms with van der Waals surface area (Å²) in [5, 5.41) is 24.4. The normalized spacial score (nSPS) is 11.9. The van der Waals surface area contributed by atoms with Crippen LogP contribution in [0.25, 0.3) is 22.5 Å². The summed E-state index contributed by atoms with van der Waals surface area (Å²) in [6.07, 6.45) is 1.39. The van der Waals surface area contributed by atoms with Crippen molar-refractivity contribution >= 4 is 23.5 Å². The molecule has 0 aliphatic rings. The molecule has 0 aliphatic heterocycles. The molecule has 1 amide bonds. The monoisotopic (exact) mass is 510 g/mol. The van der Waals surface area contributed by atoms with Gasteiger partial charge < -0.3 is 14.7 Å². The lowest BCUT2D eigenvalue weighted by molar-refractivity contribution is -0.148. The number of aromatic nitrogens is 2. The number of benzene rings is 2. The second-order valence-corrected chi connectivity index (χ2v) is 8.25. The molecule has 4 aromatic rings. The summed E-state index contributed by atoms with van der Waals surface area (Å²) in [7, 11) is 0. The second kappa shape index (κ2) is 11.1. The SMILES string of the molecule is O=C(NN(Cc1ccc(-c2cc(Cl)ccc2F)cc1)C[C@@H](O)C(=O)O)c1cc(-c2cccnc2)on1. The van der Waals surface area contributed by atoms with E-state index in [4.69, 9.17) is 21.2 Å². The number of aliphatic hydroxyl groups excluding tert-OH is 1. The molecule has 9 nitrogen and oxygen atoms in total. The van der Waals surface area contributed by atoms with E-state index in [1.165, 1.54) is 29.3 Å². The maximum Gasteiger partial charge on any atom is 0.333 e. The van der Waals surface area contributed by atoms with Gasteiger partial charge in [-0.15, -0.1) is 0 Å². The van der Waals surface area contributed by atoms with E-state index >= 15 is 0 Å². The minimum absolute atomic E-state index is 0.0434. The average molecular weight is 511 g/mol. The summed E-state index contributed by atoms with van der Waals surface area (Å²) in [5.41, 5.74) is 4.71. The first-order valence-corrected chi connectivity index (χ1v) is 11.1. The van der Waals surface area contributed by atoms with Crippen LogP contribution in [0.4, 0.5) is 4.39 Å². The zero-order valence-electron chi connectivity index (χ0n) is 18.6. The van der Waals surface area contributed by atoms with Crippen LogP contribution in [0.1, 0.15) is 16.1 Å². The zero-order chi connectivity index (χ0) is 25.7. The Balaban J connectivity index is 1.50. The van der Waals surface area contributed by atoms with Gasteiger partial charge in [0.2, 0.25) is 0 Å². The third-order valence-electron chi connectivity index (χ3n) is 5.19. The van der Waals surface area contributed by atoms with Gasteiger partial charge in [0.15, 0.2) is 17.6 Å². The Kier molecular flexibility index (Phi) is 7.69. The fourth-order valence-corrected chi connectivity index (χ4v) is 3.57. The Morgan fingerprint density at radius 2 is 1.89 bits per heavy atom. The van der Waals surface area contributed by atoms with Gasteiger partial charge in [0.1, 0.15) is 5.82 Å². The van der Waals surface area contributed by atoms with E-state index in [1.54, 1.807) is 48.8 Å². The van der Waals surface area contributed by atoms with E-state index in [-0.39, 0.29) is 12.2 Å². The molecule has 0 aliphatic carbocycles. The lowest BCUT2D eigenvalue weighted by atomic mass is 10.0. The van der Waals surface area contributed by atoms with E-state index < -0.39 is 30.3 Å². The summed E-state index contributed by atoms with van der Waals surface area (Å²) < 4.78 is 19.4. The molecule has 3 N–H and O–H groups in total. The highest BCUT2D eigenvalue weighted by atomic mass is 35.5. The predicted octanol–water partition coefficient (Wildman–Crippen LogP) is 3.79. The first-order valence-electron chi connectivity index (χ1n) is 10.7. The summed E-state index contributed by atoms with van der Waals surface area (Å²) >= 11 is 5.98. The molecular formula is C25H20ClFN4O5. The number of nitrogens with zero attached hydrogens (tertiary/aromatic N) is 3. The van der Waals surface area contributed by atoms with E-state index in [0.717, 1.165) is 0 Å². The van der Waals surface area contributed by atoms with Crippen LogP contribution in [0.5, 0.6) is 0 Å². The van der Waals surface area contributed by atoms with Gasteiger partial charge in [0.25, 0.3) is 5.91 Å². The van der Waals surface area contributed by atoms with Crippen molar-refractivity contribution in [1.29, 1.82) is 0 Å². The van der Waals surface area contributed by atoms with E-state index in [1.807, 2.05) is 0 Å². The number of aliphatic hydroxyl groups is 1. The molecule has 0 saturated carbocycles. The Morgan fingerprint density at radius 1 is 1.11 bits per heavy atom. The lowest BCUT2D eigenvalue weighted by Crippen LogP contribution is -2.47. The van der Waals surface area contributed by atoms with Crippen molar-refractivity contribution in [2.75, 3.05) is 6.54 Å². The van der Waals surface area contributed by atoms with Crippen LogP contribution in [0.2, 0.25) is 5.02 Å². The Labute approximate surface area is 209 Å². The molecule has 2 heterocycles. The predicted molar refractivity (Wildman–Crippen MR) is 128 cm³/mol. The molecule has 11 heteroatoms. The number of halogens is 2. The third-order valence-corrected chi connectivity index (χ3v) is 5.43. The number of carboxylic acids is 1. The van der Waals surface area contributed by atoms with Crippen LogP contribution >= 0.6 is 11.6 Å². The molecule has 36 heavy (non-hydrogen) atoms. The molecule has 0 saturated heterocycles. The first kappa shape index (κ1) is 25.0. The molecule has 1 atom stereocenters. The zero-order valence-corrected chi connectivity index (χ0v) is 19.4. The van der Waals surface area contributed by atoms with Crippen molar-refractivity contribution in [3.63, 3.8) is 0 Å². The third kappa shape index (κ3) is 6.11. The fraction of sp³-hybridized carbons (Fsp3) is 0.120. The summed E-state index contributed by atoms with van der Waals surface area (Å²) in [6, 6.07) is 15.9. The molecular weight excluding hydrogens is 491 g/mol. The van der Waals surface area contributed by atoms with Crippen LogP contribution < -0.4 is 5.43 Å². The van der Waals surface area contributed by atoms with Crippen molar-refractivity contribution in [2.24, 2.45) is 0 Å². The average Bonchev–Trinajstić information content (AvgIpc) is 3.37. The maximum atomic E-state index is 14.2. The quantitative estimate of drug-likeness (QED) is 0.290. The van der Waals surface area contributed by atoms with Gasteiger partial charge >= 0.3 is 5.97 Å². The van der Waals surface area contributed by atoms with Crippen molar-refractivity contribution in [1.82, 2.24) is 20.6 Å². The van der Waals surface area contributed by atoms with Crippen molar-refractivity contribution < 1.29 is 28.7 Å². The number of hydrazine groups is 1. The number of hydrogen-bond donors (Lipinski definition) is 3. The van der Waals surface area contributed by atoms with Crippen LogP contribution in [0, 0.1) is 5.82 Å². The minimum Gasteiger partial charge on any atom is -0.479 e. The molecule has 0 bridgehead atoms. The number of rotatable bonds is 9. The van der Waals surface area contributed by atoms with Crippen molar-refractivity contribution in [3.8, 4) is 22.5 Å². The summed E-state index contributed by atoms with van der Waals surface area (Å²) in [5.74, 6) is -2.21. The van der Waals surface area contributed by atoms with Crippen molar-refractivity contribution in [2.45, 2.75) is 12.6 Å². The molecule has 4 rings (SSSR count). The minimum atomic E-state index is -1.76. The van der Waals surface area contributed by atoms with Gasteiger partial charge in [-0.25, -0.2) is 14.2 Å². The molecule has 2 aromatic heterocycles. The first-order chi connectivity index (χ1) is 17.3. The lowest BCUT2D eigenvalue weighted by Gasteiger charge is -2.24. The van der Waals surface area contributed by atoms with Crippen LogP contribution in [-0.4, -0.2) is 49.9 Å². The van der Waals surface area contributed by atoms with Gasteiger partial charge in [0, 0.05) is 41.2 Å². The highest BCUT2D eigenvalue weighted by Gasteiger charge is 2.22. The number of aliphatic carboxylic acids is 1. The highest BCUT2D eigenvalue weighted by Crippen LogP contribution is 2.26. The fourth-order valence-electron chi connectivity index (χ4n) is 3.39. The molecule has 184 valence electrons. The molecule has 0 spiro atoms. The van der Waals surface area contributed by atoms with Gasteiger partial charge in [-0.3, -0.25) is 15.2 Å². The molecule has 0 radical (unpaired) electrons. The van der Waals surface area contributed by atoms with Crippen LogP contribution in [0.3, 0.4) is 0 Å². The van der Waals surface area contributed by atoms with E-state index in [2.05, 4.69) is 15.6 Å². The molecule has 0 fully saturated rings. The molecule has 2 aromatic carbocycles. The highest BCUT2D eigenvalue weighted by molar-refractivity contribution is 6.30. The van der Waals surface area contributed by atoms with E-state index in [0.29, 0.717) is 33.0 Å². The van der Waals surface area contributed by atoms with Gasteiger partial charge in [-0.1, -0.05) is 41.0 Å². The smallest absolute Gasteiger partial charge is 0.333 e. The number of nitrogens with one attached hydrogen (secondary N) is 1.